The summed E-state index contributed by atoms with van der Waals surface area (Å²) in [6.45, 7) is 22.2. The molecule has 0 aliphatic carbocycles. The van der Waals surface area contributed by atoms with E-state index >= 15 is 0 Å². The van der Waals surface area contributed by atoms with Gasteiger partial charge in [-0.15, -0.1) is 0 Å². The highest BCUT2D eigenvalue weighted by atomic mass is 28.3. The largest absolute Gasteiger partial charge is 0.385 e. The molecular formula is C24H48O2Si2. The van der Waals surface area contributed by atoms with E-state index in [0.29, 0.717) is 0 Å². The molecule has 2 nitrogen and oxygen atoms in total. The topological polar surface area (TPSA) is 40.5 Å². The van der Waals surface area contributed by atoms with E-state index in [1.165, 1.54) is 0 Å². The predicted molar refractivity (Wildman–Crippen MR) is 130 cm³/mol. The third-order valence-electron chi connectivity index (χ3n) is 5.40. The Morgan fingerprint density at radius 3 is 0.929 bits per heavy atom. The van der Waals surface area contributed by atoms with Crippen LogP contribution in [0.1, 0.15) is 79.1 Å². The van der Waals surface area contributed by atoms with E-state index in [4.69, 9.17) is 0 Å². The monoisotopic (exact) mass is 424 g/mol. The van der Waals surface area contributed by atoms with Crippen LogP contribution in [-0.2, 0) is 0 Å². The van der Waals surface area contributed by atoms with Crippen molar-refractivity contribution in [2.45, 2.75) is 130 Å². The summed E-state index contributed by atoms with van der Waals surface area (Å²) in [6, 6.07) is 0. The van der Waals surface area contributed by atoms with E-state index in [-0.39, 0.29) is 0 Å². The van der Waals surface area contributed by atoms with Gasteiger partial charge in [-0.25, -0.2) is 0 Å². The molecule has 0 radical (unpaired) electrons. The van der Waals surface area contributed by atoms with Gasteiger partial charge in [0.05, 0.1) is 27.3 Å². The molecule has 0 aliphatic rings. The molecule has 0 bridgehead atoms. The molecule has 0 fully saturated rings. The van der Waals surface area contributed by atoms with Gasteiger partial charge < -0.3 is 10.2 Å². The van der Waals surface area contributed by atoms with Gasteiger partial charge in [0.25, 0.3) is 0 Å². The van der Waals surface area contributed by atoms with E-state index < -0.39 is 27.3 Å². The normalized spacial score (nSPS) is 13.1. The summed E-state index contributed by atoms with van der Waals surface area (Å²) in [5.74, 6) is 0. The maximum absolute atomic E-state index is 11.6. The van der Waals surface area contributed by atoms with Crippen molar-refractivity contribution in [2.24, 2.45) is 0 Å². The molecule has 0 spiro atoms. The first-order valence-corrected chi connectivity index (χ1v) is 18.4. The van der Waals surface area contributed by atoms with Gasteiger partial charge in [-0.3, -0.25) is 0 Å². The maximum atomic E-state index is 11.6. The van der Waals surface area contributed by atoms with Crippen LogP contribution in [0.25, 0.3) is 0 Å². The van der Waals surface area contributed by atoms with Crippen molar-refractivity contribution in [2.75, 3.05) is 0 Å². The summed E-state index contributed by atoms with van der Waals surface area (Å²) in [5, 5.41) is 25.3. The minimum absolute atomic E-state index is 0.769. The summed E-state index contributed by atoms with van der Waals surface area (Å²) in [6.07, 6.45) is 6.88. The third-order valence-corrected chi connectivity index (χ3v) is 9.58. The molecule has 4 heteroatoms. The molecule has 0 aromatic heterocycles. The van der Waals surface area contributed by atoms with Crippen LogP contribution in [0.3, 0.4) is 0 Å². The second kappa shape index (κ2) is 11.2. The number of hydrogen-bond acceptors (Lipinski definition) is 2. The lowest BCUT2D eigenvalue weighted by molar-refractivity contribution is 0.0633. The van der Waals surface area contributed by atoms with Gasteiger partial charge in [0.1, 0.15) is 0 Å². The second-order valence-corrected chi connectivity index (χ2v) is 20.6. The zero-order valence-corrected chi connectivity index (χ0v) is 22.6. The predicted octanol–water partition coefficient (Wildman–Crippen LogP) is 7.01. The Hall–Kier alpha value is -0.346. The molecule has 2 N–H and O–H groups in total. The van der Waals surface area contributed by atoms with Crippen LogP contribution in [0.5, 0.6) is 0 Å². The van der Waals surface area contributed by atoms with Crippen LogP contribution in [-0.4, -0.2) is 37.6 Å². The molecule has 0 aliphatic heterocycles. The molecule has 0 amide bonds. The first-order chi connectivity index (χ1) is 12.7. The smallest absolute Gasteiger partial charge is 0.0899 e. The third kappa shape index (κ3) is 7.82. The van der Waals surface area contributed by atoms with Gasteiger partial charge >= 0.3 is 0 Å². The van der Waals surface area contributed by atoms with E-state index in [2.05, 4.69) is 78.4 Å². The molecule has 0 saturated carbocycles. The fraction of sp³-hybridized carbons (Fsp3) is 0.833. The Balaban J connectivity index is 7.06. The van der Waals surface area contributed by atoms with Crippen molar-refractivity contribution >= 4 is 16.1 Å². The van der Waals surface area contributed by atoms with Crippen molar-refractivity contribution in [3.8, 4) is 0 Å². The molecule has 0 rings (SSSR count). The van der Waals surface area contributed by atoms with Gasteiger partial charge in [-0.2, -0.15) is 0 Å². The summed E-state index contributed by atoms with van der Waals surface area (Å²) < 4.78 is 0. The van der Waals surface area contributed by atoms with E-state index in [1.807, 2.05) is 0 Å². The van der Waals surface area contributed by atoms with Crippen LogP contribution in [0.4, 0.5) is 0 Å². The molecule has 164 valence electrons. The SMILES string of the molecule is CCCC(O)(CCC)C(=C=C=C(C(O)(CCC)CCC)[Si](C)(C)C)[Si](C)(C)C. The van der Waals surface area contributed by atoms with Gasteiger partial charge in [-0.1, -0.05) is 104 Å². The average Bonchev–Trinajstić information content (AvgIpc) is 2.49. The highest BCUT2D eigenvalue weighted by molar-refractivity contribution is 6.84. The molecular weight excluding hydrogens is 376 g/mol. The van der Waals surface area contributed by atoms with Crippen LogP contribution < -0.4 is 0 Å². The van der Waals surface area contributed by atoms with E-state index in [0.717, 1.165) is 61.8 Å². The number of hydrogen-bond donors (Lipinski definition) is 2. The second-order valence-electron chi connectivity index (χ2n) is 10.6. The number of rotatable bonds is 12. The summed E-state index contributed by atoms with van der Waals surface area (Å²) >= 11 is 0. The minimum atomic E-state index is -1.81. The molecule has 0 unspecified atom stereocenters. The fourth-order valence-corrected chi connectivity index (χ4v) is 8.70. The van der Waals surface area contributed by atoms with Crippen molar-refractivity contribution in [3.05, 3.63) is 21.9 Å². The van der Waals surface area contributed by atoms with Crippen molar-refractivity contribution in [1.82, 2.24) is 0 Å². The first-order valence-electron chi connectivity index (χ1n) is 11.4. The van der Waals surface area contributed by atoms with E-state index in [1.54, 1.807) is 0 Å². The van der Waals surface area contributed by atoms with Crippen molar-refractivity contribution < 1.29 is 10.2 Å². The van der Waals surface area contributed by atoms with Gasteiger partial charge in [-0.05, 0) is 36.1 Å². The van der Waals surface area contributed by atoms with E-state index in [9.17, 15) is 10.2 Å². The Kier molecular flexibility index (Phi) is 11.0. The van der Waals surface area contributed by atoms with Gasteiger partial charge in [0, 0.05) is 0 Å². The quantitative estimate of drug-likeness (QED) is 0.261. The van der Waals surface area contributed by atoms with Gasteiger partial charge in [0.15, 0.2) is 0 Å². The highest BCUT2D eigenvalue weighted by Gasteiger charge is 2.39. The van der Waals surface area contributed by atoms with Crippen molar-refractivity contribution in [3.63, 3.8) is 0 Å². The number of aliphatic hydroxyl groups is 2. The Morgan fingerprint density at radius 2 is 0.786 bits per heavy atom. The summed E-state index contributed by atoms with van der Waals surface area (Å²) in [5.41, 5.74) is 5.45. The van der Waals surface area contributed by atoms with Gasteiger partial charge in [0.2, 0.25) is 0 Å². The van der Waals surface area contributed by atoms with Crippen LogP contribution in [0.15, 0.2) is 21.9 Å². The first kappa shape index (κ1) is 27.7. The summed E-state index contributed by atoms with van der Waals surface area (Å²) in [7, 11) is -3.61. The lowest BCUT2D eigenvalue weighted by Gasteiger charge is -2.36. The standard InChI is InChI=1S/C24H48O2Si2/c1-11-17-23(25,18-12-2)21(27(5,6)7)15-16-22(28(8,9)10)24(26,19-13-3)20-14-4/h25-26H,11-14,17-20H2,1-10H3. The average molecular weight is 425 g/mol. The Morgan fingerprint density at radius 1 is 0.571 bits per heavy atom. The lowest BCUT2D eigenvalue weighted by Crippen LogP contribution is -2.43. The highest BCUT2D eigenvalue weighted by Crippen LogP contribution is 2.36. The van der Waals surface area contributed by atoms with Crippen LogP contribution in [0.2, 0.25) is 39.3 Å². The maximum Gasteiger partial charge on any atom is 0.0899 e. The summed E-state index contributed by atoms with van der Waals surface area (Å²) in [4.78, 5) is 0. The molecule has 28 heavy (non-hydrogen) atoms. The van der Waals surface area contributed by atoms with Crippen LogP contribution >= 0.6 is 0 Å². The lowest BCUT2D eigenvalue weighted by atomic mass is 9.91. The zero-order valence-electron chi connectivity index (χ0n) is 20.6. The molecule has 0 heterocycles. The molecule has 0 aromatic rings. The molecule has 0 aromatic carbocycles. The fourth-order valence-electron chi connectivity index (χ4n) is 4.53. The van der Waals surface area contributed by atoms with Crippen LogP contribution in [0, 0.1) is 0 Å². The van der Waals surface area contributed by atoms with Crippen molar-refractivity contribution in [1.29, 1.82) is 0 Å². The zero-order chi connectivity index (χ0) is 22.2. The molecule has 0 atom stereocenters. The molecule has 0 saturated heterocycles. The Bertz CT molecular complexity index is 517. The Labute approximate surface area is 177 Å². The minimum Gasteiger partial charge on any atom is -0.385 e.